The zero-order valence-corrected chi connectivity index (χ0v) is 10.3. The van der Waals surface area contributed by atoms with Crippen LogP contribution in [0.1, 0.15) is 39.5 Å². The zero-order valence-electron chi connectivity index (χ0n) is 10.3. The van der Waals surface area contributed by atoms with Gasteiger partial charge in [0.15, 0.2) is 0 Å². The van der Waals surface area contributed by atoms with Crippen molar-refractivity contribution in [3.63, 3.8) is 0 Å². The highest BCUT2D eigenvalue weighted by Gasteiger charge is 2.12. The molecule has 4 heteroatoms. The van der Waals surface area contributed by atoms with Gasteiger partial charge in [0.25, 0.3) is 0 Å². The van der Waals surface area contributed by atoms with Gasteiger partial charge in [-0.2, -0.15) is 0 Å². The van der Waals surface area contributed by atoms with Crippen LogP contribution in [0, 0.1) is 0 Å². The molecule has 4 nitrogen and oxygen atoms in total. The highest BCUT2D eigenvalue weighted by atomic mass is 16.6. The second-order valence-corrected chi connectivity index (χ2v) is 4.53. The van der Waals surface area contributed by atoms with E-state index in [1.54, 1.807) is 0 Å². The summed E-state index contributed by atoms with van der Waals surface area (Å²) < 4.78 is 10.2. The van der Waals surface area contributed by atoms with E-state index in [9.17, 15) is 4.79 Å². The molecule has 1 rings (SSSR count). The third kappa shape index (κ3) is 6.08. The standard InChI is InChI=1S/C12H23NO3/c1-10(2)16-12(14)9-15-8-6-11-5-3-4-7-13-11/h10-11,13H,3-9H2,1-2H3. The number of nitrogens with one attached hydrogen (secondary N) is 1. The van der Waals surface area contributed by atoms with Crippen LogP contribution in [-0.4, -0.2) is 37.9 Å². The van der Waals surface area contributed by atoms with E-state index in [2.05, 4.69) is 5.32 Å². The van der Waals surface area contributed by atoms with Gasteiger partial charge in [-0.1, -0.05) is 6.42 Å². The molecule has 0 aromatic heterocycles. The van der Waals surface area contributed by atoms with Crippen LogP contribution in [0.15, 0.2) is 0 Å². The third-order valence-electron chi connectivity index (χ3n) is 2.61. The molecule has 1 aliphatic heterocycles. The van der Waals surface area contributed by atoms with Crippen molar-refractivity contribution < 1.29 is 14.3 Å². The number of carbonyl (C=O) groups is 1. The molecule has 1 saturated heterocycles. The first-order valence-electron chi connectivity index (χ1n) is 6.19. The number of hydrogen-bond acceptors (Lipinski definition) is 4. The van der Waals surface area contributed by atoms with Gasteiger partial charge in [-0.15, -0.1) is 0 Å². The molecular weight excluding hydrogens is 206 g/mol. The summed E-state index contributed by atoms with van der Waals surface area (Å²) in [6, 6.07) is 0.565. The predicted octanol–water partition coefficient (Wildman–Crippen LogP) is 1.49. The Morgan fingerprint density at radius 1 is 1.44 bits per heavy atom. The summed E-state index contributed by atoms with van der Waals surface area (Å²) in [6.45, 7) is 5.49. The van der Waals surface area contributed by atoms with E-state index in [1.807, 2.05) is 13.8 Å². The summed E-state index contributed by atoms with van der Waals surface area (Å²) >= 11 is 0. The van der Waals surface area contributed by atoms with E-state index >= 15 is 0 Å². The smallest absolute Gasteiger partial charge is 0.332 e. The number of hydrogen-bond donors (Lipinski definition) is 1. The first-order valence-corrected chi connectivity index (χ1v) is 6.19. The molecule has 0 aliphatic carbocycles. The van der Waals surface area contributed by atoms with Gasteiger partial charge < -0.3 is 14.8 Å². The first kappa shape index (κ1) is 13.5. The van der Waals surface area contributed by atoms with Gasteiger partial charge in [-0.25, -0.2) is 4.79 Å². The molecule has 1 fully saturated rings. The lowest BCUT2D eigenvalue weighted by Gasteiger charge is -2.23. The number of piperidine rings is 1. The van der Waals surface area contributed by atoms with Crippen LogP contribution in [0.2, 0.25) is 0 Å². The minimum atomic E-state index is -0.272. The molecule has 16 heavy (non-hydrogen) atoms. The largest absolute Gasteiger partial charge is 0.461 e. The molecular formula is C12H23NO3. The molecule has 0 bridgehead atoms. The Morgan fingerprint density at radius 2 is 2.25 bits per heavy atom. The molecule has 0 saturated carbocycles. The highest BCUT2D eigenvalue weighted by Crippen LogP contribution is 2.09. The predicted molar refractivity (Wildman–Crippen MR) is 62.3 cm³/mol. The lowest BCUT2D eigenvalue weighted by molar-refractivity contribution is -0.152. The average Bonchev–Trinajstić information content (AvgIpc) is 2.25. The summed E-state index contributed by atoms with van der Waals surface area (Å²) in [5.74, 6) is -0.272. The van der Waals surface area contributed by atoms with Gasteiger partial charge in [-0.3, -0.25) is 0 Å². The van der Waals surface area contributed by atoms with Crippen LogP contribution in [0.5, 0.6) is 0 Å². The van der Waals surface area contributed by atoms with E-state index in [0.717, 1.165) is 13.0 Å². The van der Waals surface area contributed by atoms with Crippen molar-refractivity contribution in [1.29, 1.82) is 0 Å². The van der Waals surface area contributed by atoms with Crippen LogP contribution in [0.4, 0.5) is 0 Å². The summed E-state index contributed by atoms with van der Waals surface area (Å²) in [6.07, 6.45) is 4.72. The van der Waals surface area contributed by atoms with Crippen molar-refractivity contribution in [3.05, 3.63) is 0 Å². The van der Waals surface area contributed by atoms with Gasteiger partial charge in [0, 0.05) is 12.6 Å². The van der Waals surface area contributed by atoms with E-state index in [4.69, 9.17) is 9.47 Å². The topological polar surface area (TPSA) is 47.6 Å². The van der Waals surface area contributed by atoms with Gasteiger partial charge in [-0.05, 0) is 39.7 Å². The maximum atomic E-state index is 11.1. The van der Waals surface area contributed by atoms with Gasteiger partial charge in [0.2, 0.25) is 0 Å². The Balaban J connectivity index is 1.96. The molecule has 0 spiro atoms. The number of esters is 1. The van der Waals surface area contributed by atoms with Crippen LogP contribution >= 0.6 is 0 Å². The molecule has 94 valence electrons. The number of rotatable bonds is 6. The first-order chi connectivity index (χ1) is 7.68. The second-order valence-electron chi connectivity index (χ2n) is 4.53. The Kier molecular flexibility index (Phi) is 6.42. The van der Waals surface area contributed by atoms with Crippen LogP contribution in [0.25, 0.3) is 0 Å². The van der Waals surface area contributed by atoms with Gasteiger partial charge in [0.1, 0.15) is 6.61 Å². The molecule has 0 radical (unpaired) electrons. The van der Waals surface area contributed by atoms with Crippen molar-refractivity contribution in [2.45, 2.75) is 51.7 Å². The maximum Gasteiger partial charge on any atom is 0.332 e. The van der Waals surface area contributed by atoms with E-state index < -0.39 is 0 Å². The quantitative estimate of drug-likeness (QED) is 0.553. The molecule has 1 heterocycles. The Labute approximate surface area is 97.7 Å². The molecule has 0 amide bonds. The Hall–Kier alpha value is -0.610. The van der Waals surface area contributed by atoms with Crippen LogP contribution < -0.4 is 5.32 Å². The maximum absolute atomic E-state index is 11.1. The SMILES string of the molecule is CC(C)OC(=O)COCCC1CCCCN1. The summed E-state index contributed by atoms with van der Waals surface area (Å²) in [5.41, 5.74) is 0. The number of carbonyl (C=O) groups excluding carboxylic acids is 1. The summed E-state index contributed by atoms with van der Waals surface area (Å²) in [5, 5.41) is 3.44. The average molecular weight is 229 g/mol. The second kappa shape index (κ2) is 7.63. The summed E-state index contributed by atoms with van der Waals surface area (Å²) in [7, 11) is 0. The molecule has 0 aromatic rings. The lowest BCUT2D eigenvalue weighted by atomic mass is 10.0. The molecule has 1 aliphatic rings. The molecule has 1 N–H and O–H groups in total. The van der Waals surface area contributed by atoms with E-state index in [0.29, 0.717) is 12.6 Å². The van der Waals surface area contributed by atoms with Crippen molar-refractivity contribution in [2.75, 3.05) is 19.8 Å². The molecule has 1 atom stereocenters. The fraction of sp³-hybridized carbons (Fsp3) is 0.917. The fourth-order valence-corrected chi connectivity index (χ4v) is 1.85. The molecule has 1 unspecified atom stereocenters. The highest BCUT2D eigenvalue weighted by molar-refractivity contribution is 5.70. The van der Waals surface area contributed by atoms with Crippen molar-refractivity contribution in [2.24, 2.45) is 0 Å². The fourth-order valence-electron chi connectivity index (χ4n) is 1.85. The monoisotopic (exact) mass is 229 g/mol. The van der Waals surface area contributed by atoms with Crippen molar-refractivity contribution >= 4 is 5.97 Å². The minimum Gasteiger partial charge on any atom is -0.461 e. The van der Waals surface area contributed by atoms with Gasteiger partial charge in [0.05, 0.1) is 6.10 Å². The lowest BCUT2D eigenvalue weighted by Crippen LogP contribution is -2.35. The Bertz CT molecular complexity index is 200. The minimum absolute atomic E-state index is 0.0592. The number of ether oxygens (including phenoxy) is 2. The third-order valence-corrected chi connectivity index (χ3v) is 2.61. The summed E-state index contributed by atoms with van der Waals surface area (Å²) in [4.78, 5) is 11.1. The van der Waals surface area contributed by atoms with E-state index in [-0.39, 0.29) is 18.7 Å². The van der Waals surface area contributed by atoms with Crippen LogP contribution in [-0.2, 0) is 14.3 Å². The van der Waals surface area contributed by atoms with Crippen molar-refractivity contribution in [1.82, 2.24) is 5.32 Å². The van der Waals surface area contributed by atoms with Crippen molar-refractivity contribution in [3.8, 4) is 0 Å². The Morgan fingerprint density at radius 3 is 2.88 bits per heavy atom. The molecule has 0 aromatic carbocycles. The van der Waals surface area contributed by atoms with Crippen LogP contribution in [0.3, 0.4) is 0 Å². The zero-order chi connectivity index (χ0) is 11.8. The normalized spacial score (nSPS) is 21.1. The van der Waals surface area contributed by atoms with Gasteiger partial charge >= 0.3 is 5.97 Å². The van der Waals surface area contributed by atoms with E-state index in [1.165, 1.54) is 19.3 Å².